The van der Waals surface area contributed by atoms with Gasteiger partial charge in [-0.25, -0.2) is 13.2 Å². The van der Waals surface area contributed by atoms with Crippen LogP contribution in [0.3, 0.4) is 0 Å². The lowest BCUT2D eigenvalue weighted by Crippen LogP contribution is -2.21. The molecule has 0 atom stereocenters. The maximum absolute atomic E-state index is 13.0. The lowest BCUT2D eigenvalue weighted by atomic mass is 10.1. The van der Waals surface area contributed by atoms with Crippen molar-refractivity contribution in [3.63, 3.8) is 0 Å². The van der Waals surface area contributed by atoms with Crippen molar-refractivity contribution in [2.45, 2.75) is 0 Å². The van der Waals surface area contributed by atoms with Crippen LogP contribution in [-0.4, -0.2) is 11.7 Å². The van der Waals surface area contributed by atoms with Crippen LogP contribution in [0.2, 0.25) is 0 Å². The first-order valence-electron chi connectivity index (χ1n) is 3.67. The Morgan fingerprint density at radius 2 is 1.67 bits per heavy atom. The molecule has 3 nitrogen and oxygen atoms in total. The summed E-state index contributed by atoms with van der Waals surface area (Å²) < 4.78 is 51.1. The number of rotatable bonds is 0. The number of Topliss-reactive ketones (excluding diaryl/α,β-unsaturated/α-hetero) is 1. The SMILES string of the molecule is O=C1C(=O)N(F)c2cc(F)c(F)c(F)c21. The predicted molar refractivity (Wildman–Crippen MR) is 39.2 cm³/mol. The van der Waals surface area contributed by atoms with E-state index in [1.165, 1.54) is 0 Å². The zero-order valence-electron chi connectivity index (χ0n) is 6.85. The Hall–Kier alpha value is -1.92. The molecule has 0 N–H and O–H groups in total. The number of halogens is 4. The number of benzene rings is 1. The molecule has 0 saturated heterocycles. The Labute approximate surface area is 79.8 Å². The largest absolute Gasteiger partial charge is 0.327 e. The smallest absolute Gasteiger partial charge is 0.283 e. The zero-order valence-corrected chi connectivity index (χ0v) is 6.85. The average molecular weight is 219 g/mol. The van der Waals surface area contributed by atoms with Gasteiger partial charge in [0.1, 0.15) is 0 Å². The molecule has 7 heteroatoms. The second kappa shape index (κ2) is 2.78. The van der Waals surface area contributed by atoms with E-state index in [4.69, 9.17) is 0 Å². The summed E-state index contributed by atoms with van der Waals surface area (Å²) in [5.41, 5.74) is -2.00. The number of carbonyl (C=O) groups is 2. The first-order chi connectivity index (χ1) is 6.95. The third kappa shape index (κ3) is 1.06. The van der Waals surface area contributed by atoms with E-state index in [0.29, 0.717) is 0 Å². The molecular formula is C8HF4NO2. The maximum atomic E-state index is 13.0. The van der Waals surface area contributed by atoms with Crippen LogP contribution in [0.15, 0.2) is 6.07 Å². The molecule has 0 saturated carbocycles. The van der Waals surface area contributed by atoms with Gasteiger partial charge < -0.3 is 0 Å². The Morgan fingerprint density at radius 1 is 1.07 bits per heavy atom. The standard InChI is InChI=1S/C8HF4NO2/c9-2-1-3-4(6(11)5(2)10)7(14)8(15)13(3)12/h1H. The monoisotopic (exact) mass is 219 g/mol. The van der Waals surface area contributed by atoms with E-state index in [2.05, 4.69) is 0 Å². The summed E-state index contributed by atoms with van der Waals surface area (Å²) in [7, 11) is 0. The fourth-order valence-corrected chi connectivity index (χ4v) is 1.26. The van der Waals surface area contributed by atoms with Gasteiger partial charge in [0, 0.05) is 6.07 Å². The van der Waals surface area contributed by atoms with E-state index in [0.717, 1.165) is 0 Å². The van der Waals surface area contributed by atoms with Crippen LogP contribution in [-0.2, 0) is 4.79 Å². The third-order valence-corrected chi connectivity index (χ3v) is 1.95. The van der Waals surface area contributed by atoms with Crippen molar-refractivity contribution >= 4 is 17.4 Å². The van der Waals surface area contributed by atoms with E-state index in [9.17, 15) is 27.2 Å². The number of nitrogens with zero attached hydrogens (tertiary/aromatic N) is 1. The lowest BCUT2D eigenvalue weighted by molar-refractivity contribution is -0.116. The highest BCUT2D eigenvalue weighted by molar-refractivity contribution is 6.51. The average Bonchev–Trinajstić information content (AvgIpc) is 2.40. The molecule has 1 aliphatic heterocycles. The summed E-state index contributed by atoms with van der Waals surface area (Å²) >= 11 is 0. The Bertz CT molecular complexity index is 500. The lowest BCUT2D eigenvalue weighted by Gasteiger charge is -2.03. The van der Waals surface area contributed by atoms with Crippen molar-refractivity contribution < 1.29 is 27.2 Å². The van der Waals surface area contributed by atoms with Crippen molar-refractivity contribution in [3.05, 3.63) is 29.1 Å². The number of carbonyl (C=O) groups excluding carboxylic acids is 2. The first kappa shape index (κ1) is 9.63. The third-order valence-electron chi connectivity index (χ3n) is 1.95. The van der Waals surface area contributed by atoms with Crippen molar-refractivity contribution in [1.82, 2.24) is 0 Å². The normalized spacial score (nSPS) is 14.8. The molecule has 1 heterocycles. The molecular weight excluding hydrogens is 218 g/mol. The number of hydrogen-bond acceptors (Lipinski definition) is 2. The highest BCUT2D eigenvalue weighted by Gasteiger charge is 2.41. The molecule has 15 heavy (non-hydrogen) atoms. The van der Waals surface area contributed by atoms with E-state index in [1.54, 1.807) is 0 Å². The van der Waals surface area contributed by atoms with Crippen molar-refractivity contribution in [2.24, 2.45) is 0 Å². The van der Waals surface area contributed by atoms with Gasteiger partial charge in [0.25, 0.3) is 5.78 Å². The van der Waals surface area contributed by atoms with Crippen LogP contribution < -0.4 is 5.12 Å². The number of hydrogen-bond donors (Lipinski definition) is 0. The van der Waals surface area contributed by atoms with Gasteiger partial charge in [0.05, 0.1) is 11.3 Å². The fraction of sp³-hybridized carbons (Fsp3) is 0. The molecule has 2 rings (SSSR count). The molecule has 0 spiro atoms. The van der Waals surface area contributed by atoms with Gasteiger partial charge in [-0.1, -0.05) is 4.48 Å². The number of anilines is 1. The van der Waals surface area contributed by atoms with Gasteiger partial charge in [-0.3, -0.25) is 9.59 Å². The van der Waals surface area contributed by atoms with Crippen LogP contribution in [0, 0.1) is 17.5 Å². The topological polar surface area (TPSA) is 37.4 Å². The van der Waals surface area contributed by atoms with Gasteiger partial charge in [-0.05, 0) is 0 Å². The van der Waals surface area contributed by atoms with Crippen LogP contribution >= 0.6 is 0 Å². The summed E-state index contributed by atoms with van der Waals surface area (Å²) in [5.74, 6) is -8.65. The highest BCUT2D eigenvalue weighted by Crippen LogP contribution is 2.33. The van der Waals surface area contributed by atoms with E-state index in [-0.39, 0.29) is 6.07 Å². The molecule has 1 amide bonds. The summed E-state index contributed by atoms with van der Waals surface area (Å²) in [4.78, 5) is 21.7. The second-order valence-corrected chi connectivity index (χ2v) is 2.80. The van der Waals surface area contributed by atoms with Gasteiger partial charge in [0.15, 0.2) is 17.5 Å². The summed E-state index contributed by atoms with van der Waals surface area (Å²) in [6.07, 6.45) is 0. The quantitative estimate of drug-likeness (QED) is 0.287. The molecule has 0 fully saturated rings. The minimum Gasteiger partial charge on any atom is -0.283 e. The van der Waals surface area contributed by atoms with E-state index >= 15 is 0 Å². The zero-order chi connectivity index (χ0) is 11.3. The predicted octanol–water partition coefficient (Wildman–Crippen LogP) is 1.52. The van der Waals surface area contributed by atoms with Gasteiger partial charge in [-0.2, -0.15) is 0 Å². The van der Waals surface area contributed by atoms with Crippen molar-refractivity contribution in [1.29, 1.82) is 0 Å². The summed E-state index contributed by atoms with van der Waals surface area (Å²) in [5, 5.41) is -0.719. The molecule has 0 unspecified atom stereocenters. The van der Waals surface area contributed by atoms with Gasteiger partial charge in [0.2, 0.25) is 0 Å². The molecule has 0 bridgehead atoms. The molecule has 78 valence electrons. The number of fused-ring (bicyclic) bond motifs is 1. The van der Waals surface area contributed by atoms with E-state index < -0.39 is 45.5 Å². The van der Waals surface area contributed by atoms with Crippen molar-refractivity contribution in [2.75, 3.05) is 5.12 Å². The molecule has 1 aromatic rings. The van der Waals surface area contributed by atoms with Crippen molar-refractivity contribution in [3.8, 4) is 0 Å². The Kier molecular flexibility index (Phi) is 1.79. The highest BCUT2D eigenvalue weighted by atomic mass is 19.2. The Balaban J connectivity index is 2.81. The molecule has 1 aliphatic rings. The summed E-state index contributed by atoms with van der Waals surface area (Å²) in [6.45, 7) is 0. The first-order valence-corrected chi connectivity index (χ1v) is 3.67. The molecule has 0 aliphatic carbocycles. The van der Waals surface area contributed by atoms with Crippen LogP contribution in [0.1, 0.15) is 10.4 Å². The fourth-order valence-electron chi connectivity index (χ4n) is 1.26. The minimum atomic E-state index is -1.91. The molecule has 0 radical (unpaired) electrons. The summed E-state index contributed by atoms with van der Waals surface area (Å²) in [6, 6.07) is 0.247. The maximum Gasteiger partial charge on any atom is 0.327 e. The van der Waals surface area contributed by atoms with Crippen LogP contribution in [0.25, 0.3) is 0 Å². The number of amides is 1. The molecule has 1 aromatic carbocycles. The minimum absolute atomic E-state index is 0.247. The van der Waals surface area contributed by atoms with E-state index in [1.807, 2.05) is 0 Å². The number of ketones is 1. The van der Waals surface area contributed by atoms with Crippen LogP contribution in [0.5, 0.6) is 0 Å². The Morgan fingerprint density at radius 3 is 2.27 bits per heavy atom. The van der Waals surface area contributed by atoms with Gasteiger partial charge in [-0.15, -0.1) is 5.12 Å². The van der Waals surface area contributed by atoms with Crippen LogP contribution in [0.4, 0.5) is 23.3 Å². The second-order valence-electron chi connectivity index (χ2n) is 2.80. The van der Waals surface area contributed by atoms with Gasteiger partial charge >= 0.3 is 5.91 Å². The molecule has 0 aromatic heterocycles.